The lowest BCUT2D eigenvalue weighted by Gasteiger charge is -2.14. The van der Waals surface area contributed by atoms with Crippen molar-refractivity contribution in [3.63, 3.8) is 0 Å². The van der Waals surface area contributed by atoms with Crippen LogP contribution >= 0.6 is 7.37 Å². The summed E-state index contributed by atoms with van der Waals surface area (Å²) < 4.78 is 12.2. The molecular formula is C13H19O2P. The van der Waals surface area contributed by atoms with E-state index in [-0.39, 0.29) is 6.16 Å². The summed E-state index contributed by atoms with van der Waals surface area (Å²) in [6.45, 7) is 5.66. The summed E-state index contributed by atoms with van der Waals surface area (Å²) in [6, 6.07) is 7.46. The van der Waals surface area contributed by atoms with Crippen LogP contribution in [0.3, 0.4) is 0 Å². The van der Waals surface area contributed by atoms with Gasteiger partial charge in [-0.3, -0.25) is 4.57 Å². The summed E-state index contributed by atoms with van der Waals surface area (Å²) in [4.78, 5) is 10.0. The molecule has 1 rings (SSSR count). The Balaban J connectivity index is 3.00. The van der Waals surface area contributed by atoms with Crippen LogP contribution < -0.4 is 5.30 Å². The van der Waals surface area contributed by atoms with Gasteiger partial charge < -0.3 is 4.89 Å². The Kier molecular flexibility index (Phi) is 4.98. The van der Waals surface area contributed by atoms with Gasteiger partial charge in [-0.15, -0.1) is 6.58 Å². The van der Waals surface area contributed by atoms with E-state index in [0.29, 0.717) is 11.7 Å². The van der Waals surface area contributed by atoms with Crippen molar-refractivity contribution in [2.24, 2.45) is 0 Å². The Morgan fingerprint density at radius 1 is 1.44 bits per heavy atom. The summed E-state index contributed by atoms with van der Waals surface area (Å²) in [5.41, 5.74) is 1.000. The molecule has 16 heavy (non-hydrogen) atoms. The van der Waals surface area contributed by atoms with E-state index in [0.717, 1.165) is 18.4 Å². The van der Waals surface area contributed by atoms with Gasteiger partial charge in [-0.05, 0) is 24.5 Å². The first kappa shape index (κ1) is 13.2. The van der Waals surface area contributed by atoms with E-state index in [1.165, 1.54) is 0 Å². The van der Waals surface area contributed by atoms with Crippen LogP contribution in [0.1, 0.15) is 25.3 Å². The lowest BCUT2D eigenvalue weighted by molar-refractivity contribution is 0.489. The van der Waals surface area contributed by atoms with Crippen LogP contribution in [0.5, 0.6) is 0 Å². The Morgan fingerprint density at radius 3 is 2.75 bits per heavy atom. The molecular weight excluding hydrogens is 219 g/mol. The molecule has 0 saturated heterocycles. The minimum atomic E-state index is -3.20. The first-order valence-corrected chi connectivity index (χ1v) is 7.47. The van der Waals surface area contributed by atoms with Crippen molar-refractivity contribution in [3.8, 4) is 0 Å². The minimum Gasteiger partial charge on any atom is -0.341 e. The van der Waals surface area contributed by atoms with Crippen molar-refractivity contribution in [1.82, 2.24) is 0 Å². The molecule has 0 bridgehead atoms. The fraction of sp³-hybridized carbons (Fsp3) is 0.385. The molecule has 3 heteroatoms. The molecule has 0 aliphatic heterocycles. The molecule has 0 radical (unpaired) electrons. The van der Waals surface area contributed by atoms with E-state index in [4.69, 9.17) is 0 Å². The Hall–Kier alpha value is -0.850. The number of aryl methyl sites for hydroxylation is 1. The van der Waals surface area contributed by atoms with E-state index >= 15 is 0 Å². The number of hydrogen-bond donors (Lipinski definition) is 1. The van der Waals surface area contributed by atoms with Gasteiger partial charge in [0, 0.05) is 11.5 Å². The number of benzene rings is 1. The molecule has 0 aliphatic rings. The lowest BCUT2D eigenvalue weighted by atomic mass is 10.1. The Bertz CT molecular complexity index is 399. The van der Waals surface area contributed by atoms with Gasteiger partial charge in [0.25, 0.3) is 0 Å². The second-order valence-corrected chi connectivity index (χ2v) is 6.21. The van der Waals surface area contributed by atoms with Crippen LogP contribution in [0.15, 0.2) is 36.9 Å². The van der Waals surface area contributed by atoms with Gasteiger partial charge >= 0.3 is 0 Å². The van der Waals surface area contributed by atoms with Crippen molar-refractivity contribution in [2.75, 3.05) is 6.16 Å². The van der Waals surface area contributed by atoms with Gasteiger partial charge in [0.2, 0.25) is 7.37 Å². The Morgan fingerprint density at radius 2 is 2.12 bits per heavy atom. The van der Waals surface area contributed by atoms with Crippen LogP contribution in [-0.4, -0.2) is 11.1 Å². The fourth-order valence-corrected chi connectivity index (χ4v) is 3.45. The monoisotopic (exact) mass is 238 g/mol. The van der Waals surface area contributed by atoms with Gasteiger partial charge in [0.05, 0.1) is 0 Å². The first-order valence-electron chi connectivity index (χ1n) is 5.63. The van der Waals surface area contributed by atoms with E-state index in [9.17, 15) is 9.46 Å². The molecule has 1 aromatic rings. The van der Waals surface area contributed by atoms with Gasteiger partial charge in [0.1, 0.15) is 0 Å². The van der Waals surface area contributed by atoms with E-state index in [2.05, 4.69) is 13.5 Å². The van der Waals surface area contributed by atoms with Crippen molar-refractivity contribution < 1.29 is 9.46 Å². The molecule has 0 saturated carbocycles. The third-order valence-electron chi connectivity index (χ3n) is 2.52. The predicted octanol–water partition coefficient (Wildman–Crippen LogP) is 3.11. The highest BCUT2D eigenvalue weighted by molar-refractivity contribution is 7.66. The maximum Gasteiger partial charge on any atom is 0.230 e. The van der Waals surface area contributed by atoms with Crippen molar-refractivity contribution in [3.05, 3.63) is 42.5 Å². The zero-order valence-corrected chi connectivity index (χ0v) is 10.6. The van der Waals surface area contributed by atoms with Gasteiger partial charge in [-0.1, -0.05) is 37.6 Å². The van der Waals surface area contributed by atoms with E-state index in [1.807, 2.05) is 18.2 Å². The highest BCUT2D eigenvalue weighted by Gasteiger charge is 2.22. The summed E-state index contributed by atoms with van der Waals surface area (Å²) >= 11 is 0. The summed E-state index contributed by atoms with van der Waals surface area (Å²) in [7, 11) is -3.20. The molecule has 1 aromatic carbocycles. The average molecular weight is 238 g/mol. The first-order chi connectivity index (χ1) is 7.61. The van der Waals surface area contributed by atoms with Gasteiger partial charge in [-0.2, -0.15) is 0 Å². The second-order valence-electron chi connectivity index (χ2n) is 3.88. The fourth-order valence-electron chi connectivity index (χ4n) is 1.72. The number of rotatable bonds is 6. The lowest BCUT2D eigenvalue weighted by Crippen LogP contribution is -2.13. The van der Waals surface area contributed by atoms with Gasteiger partial charge in [0.15, 0.2) is 0 Å². The minimum absolute atomic E-state index is 0.289. The largest absolute Gasteiger partial charge is 0.341 e. The zero-order chi connectivity index (χ0) is 12.0. The Labute approximate surface area is 97.5 Å². The molecule has 2 nitrogen and oxygen atoms in total. The smallest absolute Gasteiger partial charge is 0.230 e. The highest BCUT2D eigenvalue weighted by Crippen LogP contribution is 2.41. The molecule has 0 spiro atoms. The van der Waals surface area contributed by atoms with Crippen LogP contribution in [0, 0.1) is 0 Å². The maximum absolute atomic E-state index is 12.2. The molecule has 0 amide bonds. The molecule has 0 aliphatic carbocycles. The molecule has 0 fully saturated rings. The number of hydrogen-bond acceptors (Lipinski definition) is 1. The molecule has 1 atom stereocenters. The summed E-state index contributed by atoms with van der Waals surface area (Å²) in [6.07, 6.45) is 4.39. The summed E-state index contributed by atoms with van der Waals surface area (Å²) in [5, 5.41) is 0.624. The van der Waals surface area contributed by atoms with Crippen molar-refractivity contribution in [1.29, 1.82) is 0 Å². The molecule has 1 unspecified atom stereocenters. The van der Waals surface area contributed by atoms with Crippen molar-refractivity contribution in [2.45, 2.75) is 26.2 Å². The average Bonchev–Trinajstić information content (AvgIpc) is 2.27. The maximum atomic E-state index is 12.2. The third kappa shape index (κ3) is 3.33. The molecule has 88 valence electrons. The van der Waals surface area contributed by atoms with Crippen LogP contribution in [0.4, 0.5) is 0 Å². The summed E-state index contributed by atoms with van der Waals surface area (Å²) in [5.74, 6) is 0. The standard InChI is InChI=1S/C13H19O2P/c1-3-5-11-16(14,15)13-10-7-6-9-12(13)8-4-2/h3,6-7,9-10H,1,4-5,8,11H2,2H3,(H,14,15). The molecule has 1 N–H and O–H groups in total. The van der Waals surface area contributed by atoms with E-state index < -0.39 is 7.37 Å². The van der Waals surface area contributed by atoms with E-state index in [1.54, 1.807) is 12.1 Å². The molecule has 0 heterocycles. The third-order valence-corrected chi connectivity index (χ3v) is 4.58. The van der Waals surface area contributed by atoms with Crippen LogP contribution in [-0.2, 0) is 11.0 Å². The topological polar surface area (TPSA) is 37.3 Å². The zero-order valence-electron chi connectivity index (χ0n) is 9.72. The van der Waals surface area contributed by atoms with Crippen molar-refractivity contribution >= 4 is 12.7 Å². The highest BCUT2D eigenvalue weighted by atomic mass is 31.2. The number of allylic oxidation sites excluding steroid dienone is 1. The predicted molar refractivity (Wildman–Crippen MR) is 69.6 cm³/mol. The van der Waals surface area contributed by atoms with Gasteiger partial charge in [-0.25, -0.2) is 0 Å². The second kappa shape index (κ2) is 6.03. The normalized spacial score (nSPS) is 14.4. The van der Waals surface area contributed by atoms with Crippen LogP contribution in [0.25, 0.3) is 0 Å². The molecule has 0 aromatic heterocycles. The SMILES string of the molecule is C=CCCP(=O)(O)c1ccccc1CCC. The van der Waals surface area contributed by atoms with Crippen LogP contribution in [0.2, 0.25) is 0 Å². The quantitative estimate of drug-likeness (QED) is 0.610.